The van der Waals surface area contributed by atoms with Crippen molar-refractivity contribution in [3.8, 4) is 0 Å². The van der Waals surface area contributed by atoms with Crippen molar-refractivity contribution in [3.63, 3.8) is 0 Å². The maximum atomic E-state index is 12.4. The molecule has 1 fully saturated rings. The molecule has 10 heteroatoms. The summed E-state index contributed by atoms with van der Waals surface area (Å²) >= 11 is 18.1. The highest BCUT2D eigenvalue weighted by atomic mass is 35.6. The van der Waals surface area contributed by atoms with Crippen LogP contribution in [0, 0.1) is 10.1 Å². The van der Waals surface area contributed by atoms with Crippen LogP contribution >= 0.6 is 34.8 Å². The van der Waals surface area contributed by atoms with Crippen molar-refractivity contribution in [2.24, 2.45) is 0 Å². The van der Waals surface area contributed by atoms with Crippen molar-refractivity contribution < 1.29 is 9.72 Å². The molecule has 1 aromatic carbocycles. The summed E-state index contributed by atoms with van der Waals surface area (Å²) in [7, 11) is 1.99. The summed E-state index contributed by atoms with van der Waals surface area (Å²) in [6, 6.07) is 5.41. The fraction of sp³-hybridized carbons (Fsp3) is 0.500. The maximum Gasteiger partial charge on any atom is 0.270 e. The van der Waals surface area contributed by atoms with Gasteiger partial charge in [-0.3, -0.25) is 19.8 Å². The van der Waals surface area contributed by atoms with E-state index in [4.69, 9.17) is 34.8 Å². The Hall–Kier alpha value is -1.12. The normalized spacial score (nSPS) is 18.2. The number of amides is 1. The lowest BCUT2D eigenvalue weighted by Crippen LogP contribution is -2.60. The highest BCUT2D eigenvalue weighted by Crippen LogP contribution is 2.33. The lowest BCUT2D eigenvalue weighted by molar-refractivity contribution is -0.384. The topological polar surface area (TPSA) is 78.7 Å². The minimum Gasteiger partial charge on any atom is -0.332 e. The predicted molar refractivity (Wildman–Crippen MR) is 93.7 cm³/mol. The van der Waals surface area contributed by atoms with Crippen LogP contribution in [0.25, 0.3) is 0 Å². The zero-order chi connectivity index (χ0) is 17.9. The Labute approximate surface area is 154 Å². The van der Waals surface area contributed by atoms with Gasteiger partial charge in [-0.25, -0.2) is 0 Å². The summed E-state index contributed by atoms with van der Waals surface area (Å²) in [6.45, 7) is 2.82. The van der Waals surface area contributed by atoms with Gasteiger partial charge in [-0.05, 0) is 13.1 Å². The molecule has 1 heterocycles. The first-order valence-electron chi connectivity index (χ1n) is 7.23. The first-order chi connectivity index (χ1) is 11.2. The van der Waals surface area contributed by atoms with Gasteiger partial charge < -0.3 is 10.2 Å². The van der Waals surface area contributed by atoms with Crippen LogP contribution in [0.5, 0.6) is 0 Å². The molecule has 0 radical (unpaired) electrons. The molecule has 1 aliphatic heterocycles. The Morgan fingerprint density at radius 3 is 2.46 bits per heavy atom. The Balaban J connectivity index is 2.16. The molecule has 132 valence electrons. The van der Waals surface area contributed by atoms with Crippen LogP contribution in [0.4, 0.5) is 5.69 Å². The Bertz CT molecular complexity index is 616. The van der Waals surface area contributed by atoms with Crippen LogP contribution in [0.2, 0.25) is 0 Å². The first-order valence-corrected chi connectivity index (χ1v) is 8.36. The lowest BCUT2D eigenvalue weighted by atomic mass is 10.2. The van der Waals surface area contributed by atoms with E-state index in [1.807, 2.05) is 11.9 Å². The Kier molecular flexibility index (Phi) is 6.28. The second-order valence-corrected chi connectivity index (χ2v) is 7.93. The number of benzene rings is 1. The smallest absolute Gasteiger partial charge is 0.270 e. The monoisotopic (exact) mass is 394 g/mol. The third-order valence-electron chi connectivity index (χ3n) is 3.80. The van der Waals surface area contributed by atoms with Crippen LogP contribution in [0.15, 0.2) is 24.3 Å². The number of hydrogen-bond donors (Lipinski definition) is 1. The quantitative estimate of drug-likeness (QED) is 0.481. The summed E-state index contributed by atoms with van der Waals surface area (Å²) in [6.07, 6.45) is -0.831. The summed E-state index contributed by atoms with van der Waals surface area (Å²) in [5.41, 5.74) is -0.0368. The van der Waals surface area contributed by atoms with E-state index < -0.39 is 20.8 Å². The van der Waals surface area contributed by atoms with E-state index in [9.17, 15) is 14.9 Å². The number of rotatable bonds is 4. The van der Waals surface area contributed by atoms with Crippen molar-refractivity contribution in [3.05, 3.63) is 39.9 Å². The Morgan fingerprint density at radius 1 is 1.29 bits per heavy atom. The fourth-order valence-electron chi connectivity index (χ4n) is 2.43. The van der Waals surface area contributed by atoms with E-state index in [2.05, 4.69) is 10.2 Å². The number of carbonyl (C=O) groups excluding carboxylic acids is 1. The molecule has 1 aromatic rings. The molecule has 24 heavy (non-hydrogen) atoms. The molecule has 1 N–H and O–H groups in total. The van der Waals surface area contributed by atoms with Gasteiger partial charge in [-0.15, -0.1) is 0 Å². The molecule has 1 saturated heterocycles. The van der Waals surface area contributed by atoms with Gasteiger partial charge >= 0.3 is 0 Å². The second kappa shape index (κ2) is 7.84. The highest BCUT2D eigenvalue weighted by Gasteiger charge is 2.39. The maximum absolute atomic E-state index is 12.4. The molecule has 0 aromatic heterocycles. The van der Waals surface area contributed by atoms with Gasteiger partial charge in [0, 0.05) is 43.9 Å². The number of likely N-dealkylation sites (N-methyl/N-ethyl adjacent to an activating group) is 1. The molecular weight excluding hydrogens is 379 g/mol. The van der Waals surface area contributed by atoms with Crippen molar-refractivity contribution >= 4 is 46.4 Å². The first kappa shape index (κ1) is 19.2. The average molecular weight is 396 g/mol. The number of nitrogens with zero attached hydrogens (tertiary/aromatic N) is 3. The van der Waals surface area contributed by atoms with E-state index in [-0.39, 0.29) is 11.3 Å². The summed E-state index contributed by atoms with van der Waals surface area (Å²) < 4.78 is -1.73. The van der Waals surface area contributed by atoms with Crippen LogP contribution < -0.4 is 5.32 Å². The van der Waals surface area contributed by atoms with Crippen molar-refractivity contribution in [1.82, 2.24) is 15.1 Å². The van der Waals surface area contributed by atoms with Gasteiger partial charge in [0.1, 0.15) is 6.17 Å². The molecule has 7 nitrogen and oxygen atoms in total. The summed E-state index contributed by atoms with van der Waals surface area (Å²) in [5, 5.41) is 13.5. The predicted octanol–water partition coefficient (Wildman–Crippen LogP) is 2.27. The SMILES string of the molecule is CN1CCN([C@@H](NC(=O)c2cccc([N+](=O)[O-])c2)C(Cl)(Cl)Cl)CC1. The van der Waals surface area contributed by atoms with E-state index in [1.165, 1.54) is 24.3 Å². The lowest BCUT2D eigenvalue weighted by Gasteiger charge is -2.40. The molecule has 0 unspecified atom stereocenters. The molecular formula is C14H17Cl3N4O3. The molecule has 1 amide bonds. The van der Waals surface area contributed by atoms with Crippen LogP contribution in [0.1, 0.15) is 10.4 Å². The van der Waals surface area contributed by atoms with Crippen molar-refractivity contribution in [2.75, 3.05) is 33.2 Å². The van der Waals surface area contributed by atoms with Gasteiger partial charge in [-0.2, -0.15) is 0 Å². The fourth-order valence-corrected chi connectivity index (χ4v) is 3.01. The summed E-state index contributed by atoms with van der Waals surface area (Å²) in [5.74, 6) is -0.533. The van der Waals surface area contributed by atoms with Crippen molar-refractivity contribution in [1.29, 1.82) is 0 Å². The third kappa shape index (κ3) is 4.94. The molecule has 1 atom stereocenters. The molecule has 2 rings (SSSR count). The number of alkyl halides is 3. The minimum absolute atomic E-state index is 0.137. The number of piperazine rings is 1. The number of nitro benzene ring substituents is 1. The summed E-state index contributed by atoms with van der Waals surface area (Å²) in [4.78, 5) is 26.7. The minimum atomic E-state index is -1.73. The van der Waals surface area contributed by atoms with Gasteiger partial charge in [-0.1, -0.05) is 40.9 Å². The number of carbonyl (C=O) groups is 1. The van der Waals surface area contributed by atoms with Gasteiger partial charge in [0.25, 0.3) is 11.6 Å². The van der Waals surface area contributed by atoms with Gasteiger partial charge in [0.05, 0.1) is 4.92 Å². The third-order valence-corrected chi connectivity index (χ3v) is 4.42. The molecule has 0 aliphatic carbocycles. The number of nitrogens with one attached hydrogen (secondary N) is 1. The second-order valence-electron chi connectivity index (χ2n) is 5.56. The van der Waals surface area contributed by atoms with E-state index in [1.54, 1.807) is 0 Å². The number of nitro groups is 1. The number of hydrogen-bond acceptors (Lipinski definition) is 5. The van der Waals surface area contributed by atoms with Crippen molar-refractivity contribution in [2.45, 2.75) is 9.96 Å². The van der Waals surface area contributed by atoms with Gasteiger partial charge in [0.2, 0.25) is 3.79 Å². The van der Waals surface area contributed by atoms with Crippen LogP contribution in [0.3, 0.4) is 0 Å². The zero-order valence-corrected chi connectivity index (χ0v) is 15.2. The van der Waals surface area contributed by atoms with Crippen LogP contribution in [-0.2, 0) is 0 Å². The average Bonchev–Trinajstić information content (AvgIpc) is 2.52. The molecule has 0 bridgehead atoms. The van der Waals surface area contributed by atoms with Crippen LogP contribution in [-0.4, -0.2) is 63.8 Å². The largest absolute Gasteiger partial charge is 0.332 e. The molecule has 1 aliphatic rings. The Morgan fingerprint density at radius 2 is 1.92 bits per heavy atom. The van der Waals surface area contributed by atoms with E-state index >= 15 is 0 Å². The number of non-ortho nitro benzene ring substituents is 1. The highest BCUT2D eigenvalue weighted by molar-refractivity contribution is 6.68. The molecule has 0 saturated carbocycles. The standard InChI is InChI=1S/C14H17Cl3N4O3/c1-19-5-7-20(8-6-19)13(14(15,16)17)18-12(22)10-3-2-4-11(9-10)21(23)24/h2-4,9,13H,5-8H2,1H3,(H,18,22)/t13-/m1/s1. The number of halogens is 3. The molecule has 0 spiro atoms. The van der Waals surface area contributed by atoms with E-state index in [0.717, 1.165) is 13.1 Å². The van der Waals surface area contributed by atoms with E-state index in [0.29, 0.717) is 13.1 Å². The van der Waals surface area contributed by atoms with Gasteiger partial charge in [0.15, 0.2) is 0 Å². The zero-order valence-electron chi connectivity index (χ0n) is 12.9.